The first-order valence-corrected chi connectivity index (χ1v) is 10.4. The van der Waals surface area contributed by atoms with Gasteiger partial charge in [-0.05, 0) is 55.5 Å². The normalized spacial score (nSPS) is 16.3. The Morgan fingerprint density at radius 1 is 1.07 bits per heavy atom. The molecule has 0 N–H and O–H groups in total. The number of fused-ring (bicyclic) bond motifs is 1. The second-order valence-electron chi connectivity index (χ2n) is 8.10. The van der Waals surface area contributed by atoms with E-state index >= 15 is 0 Å². The summed E-state index contributed by atoms with van der Waals surface area (Å²) in [6, 6.07) is 15.8. The summed E-state index contributed by atoms with van der Waals surface area (Å²) in [5.41, 5.74) is 2.98. The minimum Gasteiger partial charge on any atom is -0.481 e. The molecule has 1 aliphatic heterocycles. The van der Waals surface area contributed by atoms with Crippen LogP contribution in [0.1, 0.15) is 56.9 Å². The van der Waals surface area contributed by atoms with Crippen molar-refractivity contribution < 1.29 is 13.9 Å². The lowest BCUT2D eigenvalue weighted by Gasteiger charge is -2.32. The number of nitrogens with zero attached hydrogens (tertiary/aromatic N) is 2. The molecule has 1 fully saturated rings. The average molecular weight is 392 g/mol. The van der Waals surface area contributed by atoms with E-state index in [0.717, 1.165) is 35.6 Å². The largest absolute Gasteiger partial charge is 0.481 e. The van der Waals surface area contributed by atoms with Crippen LogP contribution in [0, 0.1) is 0 Å². The number of ether oxygens (including phenoxy) is 1. The number of likely N-dealkylation sites (tertiary alicyclic amines) is 1. The Bertz CT molecular complexity index is 936. The van der Waals surface area contributed by atoms with E-state index in [9.17, 15) is 4.79 Å². The first-order valence-electron chi connectivity index (χ1n) is 10.4. The Hall–Kier alpha value is -2.82. The summed E-state index contributed by atoms with van der Waals surface area (Å²) in [6.45, 7) is 7.54. The number of carbonyl (C=O) groups is 1. The lowest BCUT2D eigenvalue weighted by atomic mass is 9.96. The fraction of sp³-hybridized carbons (Fsp3) is 0.417. The number of hydrogen-bond acceptors (Lipinski definition) is 4. The first kappa shape index (κ1) is 19.5. The van der Waals surface area contributed by atoms with E-state index in [1.165, 1.54) is 5.56 Å². The van der Waals surface area contributed by atoms with Gasteiger partial charge in [0.05, 0.1) is 0 Å². The van der Waals surface area contributed by atoms with Crippen LogP contribution in [-0.4, -0.2) is 35.0 Å². The second kappa shape index (κ2) is 8.27. The van der Waals surface area contributed by atoms with Crippen LogP contribution < -0.4 is 4.74 Å². The van der Waals surface area contributed by atoms with Gasteiger partial charge in [-0.3, -0.25) is 4.79 Å². The molecule has 29 heavy (non-hydrogen) atoms. The van der Waals surface area contributed by atoms with E-state index in [-0.39, 0.29) is 11.8 Å². The number of amides is 1. The van der Waals surface area contributed by atoms with Crippen LogP contribution in [-0.2, 0) is 4.79 Å². The first-order chi connectivity index (χ1) is 14.0. The molecule has 0 bridgehead atoms. The SMILES string of the molecule is CC(Oc1ccc(C(C)C)cc1)C(=O)N1CCC(c2nc3ccccc3o2)CC1. The van der Waals surface area contributed by atoms with E-state index in [1.807, 2.05) is 48.2 Å². The minimum atomic E-state index is -0.499. The number of para-hydroxylation sites is 2. The van der Waals surface area contributed by atoms with Crippen LogP contribution in [0.25, 0.3) is 11.1 Å². The van der Waals surface area contributed by atoms with Gasteiger partial charge >= 0.3 is 0 Å². The molecule has 152 valence electrons. The Kier molecular flexibility index (Phi) is 5.56. The Labute approximate surface area is 171 Å². The summed E-state index contributed by atoms with van der Waals surface area (Å²) in [4.78, 5) is 19.3. The Morgan fingerprint density at radius 2 is 1.76 bits per heavy atom. The summed E-state index contributed by atoms with van der Waals surface area (Å²) in [5, 5.41) is 0. The van der Waals surface area contributed by atoms with Gasteiger partial charge < -0.3 is 14.1 Å². The monoisotopic (exact) mass is 392 g/mol. The molecule has 1 aliphatic rings. The van der Waals surface area contributed by atoms with Crippen molar-refractivity contribution in [1.82, 2.24) is 9.88 Å². The number of hydrogen-bond donors (Lipinski definition) is 0. The fourth-order valence-electron chi connectivity index (χ4n) is 3.85. The fourth-order valence-corrected chi connectivity index (χ4v) is 3.85. The molecule has 5 nitrogen and oxygen atoms in total. The van der Waals surface area contributed by atoms with Crippen LogP contribution in [0.4, 0.5) is 0 Å². The summed E-state index contributed by atoms with van der Waals surface area (Å²) < 4.78 is 11.8. The number of aromatic nitrogens is 1. The molecule has 0 radical (unpaired) electrons. The average Bonchev–Trinajstić information content (AvgIpc) is 3.18. The van der Waals surface area contributed by atoms with Crippen LogP contribution in [0.5, 0.6) is 5.75 Å². The van der Waals surface area contributed by atoms with Crippen LogP contribution >= 0.6 is 0 Å². The van der Waals surface area contributed by atoms with Crippen molar-refractivity contribution in [1.29, 1.82) is 0 Å². The van der Waals surface area contributed by atoms with Crippen molar-refractivity contribution in [3.8, 4) is 5.75 Å². The lowest BCUT2D eigenvalue weighted by molar-refractivity contribution is -0.139. The molecule has 1 unspecified atom stereocenters. The summed E-state index contributed by atoms with van der Waals surface area (Å²) in [7, 11) is 0. The molecule has 4 rings (SSSR count). The zero-order valence-corrected chi connectivity index (χ0v) is 17.3. The summed E-state index contributed by atoms with van der Waals surface area (Å²) >= 11 is 0. The van der Waals surface area contributed by atoms with E-state index in [0.29, 0.717) is 19.0 Å². The number of piperidine rings is 1. The van der Waals surface area contributed by atoms with Crippen molar-refractivity contribution >= 4 is 17.0 Å². The molecule has 0 spiro atoms. The molecule has 0 saturated carbocycles. The van der Waals surface area contributed by atoms with Gasteiger partial charge in [0.25, 0.3) is 5.91 Å². The summed E-state index contributed by atoms with van der Waals surface area (Å²) in [6.07, 6.45) is 1.21. The number of oxazole rings is 1. The maximum atomic E-state index is 12.8. The molecule has 1 amide bonds. The van der Waals surface area contributed by atoms with Gasteiger partial charge in [-0.1, -0.05) is 38.1 Å². The predicted molar refractivity (Wildman–Crippen MR) is 113 cm³/mol. The minimum absolute atomic E-state index is 0.0361. The number of rotatable bonds is 5. The predicted octanol–water partition coefficient (Wildman–Crippen LogP) is 5.12. The second-order valence-corrected chi connectivity index (χ2v) is 8.10. The molecular weight excluding hydrogens is 364 g/mol. The van der Waals surface area contributed by atoms with Crippen LogP contribution in [0.3, 0.4) is 0 Å². The third-order valence-electron chi connectivity index (χ3n) is 5.67. The maximum Gasteiger partial charge on any atom is 0.263 e. The maximum absolute atomic E-state index is 12.8. The zero-order chi connectivity index (χ0) is 20.4. The topological polar surface area (TPSA) is 55.6 Å². The molecule has 1 saturated heterocycles. The van der Waals surface area contributed by atoms with E-state index in [4.69, 9.17) is 9.15 Å². The zero-order valence-electron chi connectivity index (χ0n) is 17.3. The standard InChI is InChI=1S/C24H28N2O3/c1-16(2)18-8-10-20(11-9-18)28-17(3)24(27)26-14-12-19(13-15-26)23-25-21-6-4-5-7-22(21)29-23/h4-11,16-17,19H,12-15H2,1-3H3. The van der Waals surface area contributed by atoms with Crippen molar-refractivity contribution in [2.45, 2.75) is 51.6 Å². The number of carbonyl (C=O) groups excluding carboxylic acids is 1. The molecule has 5 heteroatoms. The molecule has 2 heterocycles. The highest BCUT2D eigenvalue weighted by Gasteiger charge is 2.29. The molecule has 0 aliphatic carbocycles. The molecule has 2 aromatic carbocycles. The third-order valence-corrected chi connectivity index (χ3v) is 5.67. The van der Waals surface area contributed by atoms with Crippen molar-refractivity contribution in [2.24, 2.45) is 0 Å². The van der Waals surface area contributed by atoms with Crippen molar-refractivity contribution in [3.05, 3.63) is 60.0 Å². The van der Waals surface area contributed by atoms with Gasteiger partial charge in [0.1, 0.15) is 11.3 Å². The molecule has 3 aromatic rings. The highest BCUT2D eigenvalue weighted by atomic mass is 16.5. The Balaban J connectivity index is 1.33. The molecule has 1 aromatic heterocycles. The van der Waals surface area contributed by atoms with Gasteiger partial charge in [0.2, 0.25) is 0 Å². The van der Waals surface area contributed by atoms with Crippen LogP contribution in [0.15, 0.2) is 52.9 Å². The molecular formula is C24H28N2O3. The summed E-state index contributed by atoms with van der Waals surface area (Å²) in [5.74, 6) is 2.29. The molecule has 1 atom stereocenters. The van der Waals surface area contributed by atoms with Crippen LogP contribution in [0.2, 0.25) is 0 Å². The lowest BCUT2D eigenvalue weighted by Crippen LogP contribution is -2.44. The van der Waals surface area contributed by atoms with Gasteiger partial charge in [-0.15, -0.1) is 0 Å². The highest BCUT2D eigenvalue weighted by Crippen LogP contribution is 2.30. The van der Waals surface area contributed by atoms with Crippen molar-refractivity contribution in [2.75, 3.05) is 13.1 Å². The Morgan fingerprint density at radius 3 is 2.41 bits per heavy atom. The van der Waals surface area contributed by atoms with Gasteiger partial charge in [0, 0.05) is 19.0 Å². The van der Waals surface area contributed by atoms with E-state index < -0.39 is 6.10 Å². The smallest absolute Gasteiger partial charge is 0.263 e. The quantitative estimate of drug-likeness (QED) is 0.604. The van der Waals surface area contributed by atoms with E-state index in [2.05, 4.69) is 31.0 Å². The van der Waals surface area contributed by atoms with Gasteiger partial charge in [-0.2, -0.15) is 0 Å². The van der Waals surface area contributed by atoms with E-state index in [1.54, 1.807) is 0 Å². The van der Waals surface area contributed by atoms with Gasteiger partial charge in [0.15, 0.2) is 17.6 Å². The van der Waals surface area contributed by atoms with Crippen molar-refractivity contribution in [3.63, 3.8) is 0 Å². The number of benzene rings is 2. The third kappa shape index (κ3) is 4.29. The van der Waals surface area contributed by atoms with Gasteiger partial charge in [-0.25, -0.2) is 4.98 Å². The highest BCUT2D eigenvalue weighted by molar-refractivity contribution is 5.81.